The largest absolute Gasteiger partial charge is 0.299 e. The molecule has 0 radical (unpaired) electrons. The Labute approximate surface area is 147 Å². The summed E-state index contributed by atoms with van der Waals surface area (Å²) < 4.78 is 0. The fourth-order valence-corrected chi connectivity index (χ4v) is 3.49. The molecule has 2 nitrogen and oxygen atoms in total. The summed E-state index contributed by atoms with van der Waals surface area (Å²) in [7, 11) is 0. The molecule has 0 aromatic rings. The van der Waals surface area contributed by atoms with Gasteiger partial charge in [0, 0.05) is 6.04 Å². The van der Waals surface area contributed by atoms with E-state index in [1.807, 2.05) is 0 Å². The second kappa shape index (κ2) is 16.8. The average Bonchev–Trinajstić information content (AvgIpc) is 2.53. The Hall–Kier alpha value is -0.0800. The Balaban J connectivity index is 3.37. The van der Waals surface area contributed by atoms with Crippen molar-refractivity contribution in [2.75, 3.05) is 13.1 Å². The van der Waals surface area contributed by atoms with Crippen LogP contribution in [0.1, 0.15) is 112 Å². The van der Waals surface area contributed by atoms with Crippen molar-refractivity contribution in [1.82, 2.24) is 10.2 Å². The van der Waals surface area contributed by atoms with Crippen molar-refractivity contribution in [3.05, 3.63) is 0 Å². The number of unbranched alkanes of at least 4 members (excludes halogenated alkanes) is 10. The summed E-state index contributed by atoms with van der Waals surface area (Å²) in [5.74, 6) is 0. The van der Waals surface area contributed by atoms with E-state index in [0.717, 1.165) is 13.1 Å². The van der Waals surface area contributed by atoms with Crippen molar-refractivity contribution in [3.8, 4) is 0 Å². The highest BCUT2D eigenvalue weighted by molar-refractivity contribution is 4.68. The normalized spacial score (nSPS) is 14.3. The third-order valence-electron chi connectivity index (χ3n) is 5.13. The molecule has 1 N–H and O–H groups in total. The monoisotopic (exact) mass is 326 g/mol. The zero-order chi connectivity index (χ0) is 17.3. The first-order chi connectivity index (χ1) is 11.2. The molecule has 140 valence electrons. The molecule has 0 amide bonds. The van der Waals surface area contributed by atoms with Crippen LogP contribution in [-0.2, 0) is 0 Å². The first-order valence-corrected chi connectivity index (χ1v) is 10.7. The van der Waals surface area contributed by atoms with Gasteiger partial charge in [0.25, 0.3) is 0 Å². The topological polar surface area (TPSA) is 15.3 Å². The van der Waals surface area contributed by atoms with E-state index in [2.05, 4.69) is 44.8 Å². The Bertz CT molecular complexity index is 226. The summed E-state index contributed by atoms with van der Waals surface area (Å²) in [5, 5.41) is 3.74. The fraction of sp³-hybridized carbons (Fsp3) is 1.00. The minimum absolute atomic E-state index is 0.507. The molecule has 0 bridgehead atoms. The predicted molar refractivity (Wildman–Crippen MR) is 106 cm³/mol. The molecule has 0 aliphatic rings. The first-order valence-electron chi connectivity index (χ1n) is 10.7. The minimum atomic E-state index is 0.507. The van der Waals surface area contributed by atoms with Crippen molar-refractivity contribution in [2.45, 2.75) is 124 Å². The number of hydrogen-bond acceptors (Lipinski definition) is 2. The maximum Gasteiger partial charge on any atom is 0.0569 e. The lowest BCUT2D eigenvalue weighted by Crippen LogP contribution is -2.46. The Kier molecular flexibility index (Phi) is 16.7. The first kappa shape index (κ1) is 22.9. The van der Waals surface area contributed by atoms with Gasteiger partial charge in [-0.2, -0.15) is 0 Å². The van der Waals surface area contributed by atoms with Crippen molar-refractivity contribution < 1.29 is 0 Å². The molecule has 0 aromatic carbocycles. The second-order valence-corrected chi connectivity index (χ2v) is 7.29. The van der Waals surface area contributed by atoms with Gasteiger partial charge in [-0.15, -0.1) is 0 Å². The molecule has 0 saturated carbocycles. The van der Waals surface area contributed by atoms with Crippen LogP contribution >= 0.6 is 0 Å². The van der Waals surface area contributed by atoms with Crippen molar-refractivity contribution in [1.29, 1.82) is 0 Å². The van der Waals surface area contributed by atoms with E-state index >= 15 is 0 Å². The van der Waals surface area contributed by atoms with Crippen LogP contribution < -0.4 is 5.32 Å². The number of rotatable bonds is 17. The molecule has 23 heavy (non-hydrogen) atoms. The standard InChI is InChI=1S/C21H46N2/c1-6-9-10-11-12-13-14-15-16-17-18-19-20(4)22-21(5)23(7-2)8-3/h20-22H,6-19H2,1-5H3. The molecule has 0 aromatic heterocycles. The van der Waals surface area contributed by atoms with E-state index in [-0.39, 0.29) is 0 Å². The van der Waals surface area contributed by atoms with Gasteiger partial charge in [0.2, 0.25) is 0 Å². The number of nitrogens with one attached hydrogen (secondary N) is 1. The van der Waals surface area contributed by atoms with Gasteiger partial charge in [0.15, 0.2) is 0 Å². The highest BCUT2D eigenvalue weighted by atomic mass is 15.3. The van der Waals surface area contributed by atoms with Gasteiger partial charge in [-0.05, 0) is 33.4 Å². The van der Waals surface area contributed by atoms with Crippen LogP contribution in [-0.4, -0.2) is 30.2 Å². The summed E-state index contributed by atoms with van der Waals surface area (Å²) in [5.41, 5.74) is 0. The Morgan fingerprint density at radius 2 is 1.09 bits per heavy atom. The highest BCUT2D eigenvalue weighted by Gasteiger charge is 2.12. The highest BCUT2D eigenvalue weighted by Crippen LogP contribution is 2.12. The van der Waals surface area contributed by atoms with Gasteiger partial charge in [-0.25, -0.2) is 0 Å². The smallest absolute Gasteiger partial charge is 0.0569 e. The molecule has 0 fully saturated rings. The van der Waals surface area contributed by atoms with E-state index in [9.17, 15) is 0 Å². The average molecular weight is 327 g/mol. The predicted octanol–water partition coefficient (Wildman–Crippen LogP) is 6.35. The van der Waals surface area contributed by atoms with Crippen molar-refractivity contribution in [2.24, 2.45) is 0 Å². The van der Waals surface area contributed by atoms with Crippen LogP contribution in [0.25, 0.3) is 0 Å². The molecule has 2 atom stereocenters. The van der Waals surface area contributed by atoms with Crippen LogP contribution in [0.4, 0.5) is 0 Å². The summed E-state index contributed by atoms with van der Waals surface area (Å²) in [4.78, 5) is 2.48. The number of hydrogen-bond donors (Lipinski definition) is 1. The number of nitrogens with zero attached hydrogens (tertiary/aromatic N) is 1. The van der Waals surface area contributed by atoms with Gasteiger partial charge in [-0.3, -0.25) is 10.2 Å². The molecule has 2 heteroatoms. The van der Waals surface area contributed by atoms with Crippen molar-refractivity contribution in [3.63, 3.8) is 0 Å². The molecule has 0 rings (SSSR count). The molecule has 0 saturated heterocycles. The van der Waals surface area contributed by atoms with E-state index in [1.54, 1.807) is 0 Å². The SMILES string of the molecule is CCCCCCCCCCCCCC(C)NC(C)N(CC)CC. The van der Waals surface area contributed by atoms with Gasteiger partial charge in [0.05, 0.1) is 6.17 Å². The summed E-state index contributed by atoms with van der Waals surface area (Å²) in [6.07, 6.45) is 17.6. The van der Waals surface area contributed by atoms with E-state index < -0.39 is 0 Å². The van der Waals surface area contributed by atoms with Crippen molar-refractivity contribution >= 4 is 0 Å². The maximum absolute atomic E-state index is 3.74. The third-order valence-corrected chi connectivity index (χ3v) is 5.13. The van der Waals surface area contributed by atoms with Crippen LogP contribution in [0.3, 0.4) is 0 Å². The lowest BCUT2D eigenvalue weighted by atomic mass is 10.0. The summed E-state index contributed by atoms with van der Waals surface area (Å²) in [6.45, 7) is 13.7. The fourth-order valence-electron chi connectivity index (χ4n) is 3.49. The molecular formula is C21H46N2. The lowest BCUT2D eigenvalue weighted by molar-refractivity contribution is 0.181. The minimum Gasteiger partial charge on any atom is -0.299 e. The molecule has 0 spiro atoms. The van der Waals surface area contributed by atoms with Crippen LogP contribution in [0.5, 0.6) is 0 Å². The van der Waals surface area contributed by atoms with Gasteiger partial charge in [0.1, 0.15) is 0 Å². The van der Waals surface area contributed by atoms with Crippen LogP contribution in [0.2, 0.25) is 0 Å². The molecule has 2 unspecified atom stereocenters. The Morgan fingerprint density at radius 1 is 0.652 bits per heavy atom. The zero-order valence-corrected chi connectivity index (χ0v) is 17.0. The molecule has 0 aliphatic heterocycles. The van der Waals surface area contributed by atoms with E-state index in [4.69, 9.17) is 0 Å². The van der Waals surface area contributed by atoms with Gasteiger partial charge in [-0.1, -0.05) is 91.4 Å². The quantitative estimate of drug-likeness (QED) is 0.247. The Morgan fingerprint density at radius 3 is 1.52 bits per heavy atom. The second-order valence-electron chi connectivity index (χ2n) is 7.29. The molecule has 0 heterocycles. The van der Waals surface area contributed by atoms with E-state index in [1.165, 1.54) is 77.0 Å². The van der Waals surface area contributed by atoms with Gasteiger partial charge < -0.3 is 0 Å². The van der Waals surface area contributed by atoms with Crippen LogP contribution in [0.15, 0.2) is 0 Å². The van der Waals surface area contributed by atoms with E-state index in [0.29, 0.717) is 12.2 Å². The van der Waals surface area contributed by atoms with Gasteiger partial charge >= 0.3 is 0 Å². The molecule has 0 aliphatic carbocycles. The molecular weight excluding hydrogens is 280 g/mol. The lowest BCUT2D eigenvalue weighted by Gasteiger charge is -2.30. The third kappa shape index (κ3) is 14.0. The zero-order valence-electron chi connectivity index (χ0n) is 17.0. The summed E-state index contributed by atoms with van der Waals surface area (Å²) in [6, 6.07) is 0.643. The maximum atomic E-state index is 3.74. The summed E-state index contributed by atoms with van der Waals surface area (Å²) >= 11 is 0. The van der Waals surface area contributed by atoms with Crippen LogP contribution in [0, 0.1) is 0 Å².